The third kappa shape index (κ3) is 4.17. The minimum Gasteiger partial charge on any atom is -0.506 e. The second-order valence-electron chi connectivity index (χ2n) is 10.8. The lowest BCUT2D eigenvalue weighted by Gasteiger charge is -2.38. The van der Waals surface area contributed by atoms with Crippen LogP contribution in [0.25, 0.3) is 28.0 Å². The van der Waals surface area contributed by atoms with Crippen molar-refractivity contribution in [2.75, 3.05) is 12.0 Å². The number of amides is 1. The van der Waals surface area contributed by atoms with Gasteiger partial charge >= 0.3 is 0 Å². The number of anilines is 1. The third-order valence-electron chi connectivity index (χ3n) is 8.23. The zero-order chi connectivity index (χ0) is 29.2. The fourth-order valence-electron chi connectivity index (χ4n) is 6.46. The number of fused-ring (bicyclic) bond motifs is 3. The van der Waals surface area contributed by atoms with Crippen LogP contribution in [-0.2, 0) is 9.84 Å². The highest BCUT2D eigenvalue weighted by Crippen LogP contribution is 2.46. The SMILES string of the molecule is CS(=O)(=O)c1c(C2C[C@H]3CC[C@H](C2)N3C(=O)c2ncn[nH]2)nc2c(-c3cnc(-c4ccccc4)c(O)c3)cnn2c1N. The average molecular weight is 586 g/mol. The predicted octanol–water partition coefficient (Wildman–Crippen LogP) is 2.82. The molecule has 14 heteroatoms. The molecule has 4 N–H and O–H groups in total. The van der Waals surface area contributed by atoms with Crippen LogP contribution in [0.5, 0.6) is 5.75 Å². The van der Waals surface area contributed by atoms with Crippen LogP contribution < -0.4 is 5.73 Å². The van der Waals surface area contributed by atoms with Crippen molar-refractivity contribution in [1.29, 1.82) is 0 Å². The first-order chi connectivity index (χ1) is 20.2. The first-order valence-corrected chi connectivity index (χ1v) is 15.4. The number of carbonyl (C=O) groups is 1. The second-order valence-corrected chi connectivity index (χ2v) is 12.8. The second kappa shape index (κ2) is 9.62. The summed E-state index contributed by atoms with van der Waals surface area (Å²) in [6.07, 6.45) is 8.22. The molecule has 1 aromatic carbocycles. The first kappa shape index (κ1) is 26.1. The van der Waals surface area contributed by atoms with Gasteiger partial charge < -0.3 is 15.7 Å². The maximum Gasteiger partial charge on any atom is 0.291 e. The summed E-state index contributed by atoms with van der Waals surface area (Å²) in [5.74, 6) is -0.333. The van der Waals surface area contributed by atoms with E-state index in [-0.39, 0.29) is 46.2 Å². The van der Waals surface area contributed by atoms with Crippen molar-refractivity contribution in [3.8, 4) is 28.1 Å². The van der Waals surface area contributed by atoms with E-state index >= 15 is 0 Å². The van der Waals surface area contributed by atoms with E-state index in [9.17, 15) is 18.3 Å². The Morgan fingerprint density at radius 1 is 1.07 bits per heavy atom. The van der Waals surface area contributed by atoms with Gasteiger partial charge in [-0.05, 0) is 31.7 Å². The summed E-state index contributed by atoms with van der Waals surface area (Å²) >= 11 is 0. The van der Waals surface area contributed by atoms with Crippen molar-refractivity contribution in [1.82, 2.24) is 39.7 Å². The quantitative estimate of drug-likeness (QED) is 0.277. The van der Waals surface area contributed by atoms with Crippen LogP contribution in [0.4, 0.5) is 5.82 Å². The summed E-state index contributed by atoms with van der Waals surface area (Å²) in [5.41, 5.74) is 9.52. The summed E-state index contributed by atoms with van der Waals surface area (Å²) < 4.78 is 27.5. The van der Waals surface area contributed by atoms with Gasteiger partial charge in [-0.1, -0.05) is 30.3 Å². The maximum atomic E-state index is 13.2. The predicted molar refractivity (Wildman–Crippen MR) is 152 cm³/mol. The van der Waals surface area contributed by atoms with Crippen LogP contribution in [-0.4, -0.2) is 77.4 Å². The molecular formula is C28H27N9O4S. The molecule has 0 aliphatic carbocycles. The number of aromatic amines is 1. The summed E-state index contributed by atoms with van der Waals surface area (Å²) in [6, 6.07) is 10.7. The molecule has 13 nitrogen and oxygen atoms in total. The van der Waals surface area contributed by atoms with E-state index in [1.807, 2.05) is 35.2 Å². The zero-order valence-electron chi connectivity index (χ0n) is 22.5. The number of pyridine rings is 1. The Labute approximate surface area is 240 Å². The Morgan fingerprint density at radius 3 is 2.45 bits per heavy atom. The smallest absolute Gasteiger partial charge is 0.291 e. The molecule has 4 aromatic heterocycles. The number of hydrogen-bond acceptors (Lipinski definition) is 10. The van der Waals surface area contributed by atoms with E-state index in [0.717, 1.165) is 24.7 Å². The van der Waals surface area contributed by atoms with Crippen LogP contribution in [0.2, 0.25) is 0 Å². The number of nitrogens with two attached hydrogens (primary N) is 1. The Kier molecular flexibility index (Phi) is 5.97. The van der Waals surface area contributed by atoms with Gasteiger partial charge in [0, 0.05) is 47.1 Å². The van der Waals surface area contributed by atoms with Gasteiger partial charge in [0.15, 0.2) is 15.5 Å². The van der Waals surface area contributed by atoms with Gasteiger partial charge in [0.2, 0.25) is 5.82 Å². The lowest BCUT2D eigenvalue weighted by molar-refractivity contribution is 0.0556. The molecule has 0 saturated carbocycles. The molecule has 214 valence electrons. The number of nitrogen functional groups attached to an aromatic ring is 1. The van der Waals surface area contributed by atoms with E-state index in [4.69, 9.17) is 10.7 Å². The highest BCUT2D eigenvalue weighted by molar-refractivity contribution is 7.91. The van der Waals surface area contributed by atoms with Gasteiger partial charge in [-0.25, -0.2) is 18.4 Å². The fourth-order valence-corrected chi connectivity index (χ4v) is 7.52. The van der Waals surface area contributed by atoms with Gasteiger partial charge in [0.05, 0.1) is 11.9 Å². The molecule has 0 spiro atoms. The Bertz CT molecular complexity index is 1930. The van der Waals surface area contributed by atoms with Gasteiger partial charge in [-0.2, -0.15) is 14.7 Å². The highest BCUT2D eigenvalue weighted by atomic mass is 32.2. The van der Waals surface area contributed by atoms with E-state index < -0.39 is 9.84 Å². The summed E-state index contributed by atoms with van der Waals surface area (Å²) in [6.45, 7) is 0. The van der Waals surface area contributed by atoms with Crippen molar-refractivity contribution < 1.29 is 18.3 Å². The van der Waals surface area contributed by atoms with Crippen molar-refractivity contribution in [3.63, 3.8) is 0 Å². The topological polar surface area (TPSA) is 185 Å². The molecule has 5 aromatic rings. The van der Waals surface area contributed by atoms with Crippen LogP contribution in [0.15, 0.2) is 60.0 Å². The largest absolute Gasteiger partial charge is 0.506 e. The van der Waals surface area contributed by atoms with Crippen molar-refractivity contribution in [3.05, 3.63) is 66.6 Å². The summed E-state index contributed by atoms with van der Waals surface area (Å²) in [7, 11) is -3.79. The molecule has 42 heavy (non-hydrogen) atoms. The number of aromatic hydroxyl groups is 1. The molecule has 2 bridgehead atoms. The standard InChI is InChI=1S/C28H27N9O4S/c1-42(40,41)24-23(16-9-18-7-8-19(10-16)36(18)28(39)26-31-14-32-35-26)34-27-20(13-33-37(27)25(24)29)17-11-21(38)22(30-12-17)15-5-3-2-4-6-15/h2-6,11-14,16,18-19,38H,7-10,29H2,1H3,(H,31,32,35)/t18-,19-/m1/s1. The average Bonchev–Trinajstić information content (AvgIpc) is 3.71. The first-order valence-electron chi connectivity index (χ1n) is 13.5. The number of H-pyrrole nitrogens is 1. The lowest BCUT2D eigenvalue weighted by atomic mass is 9.87. The minimum absolute atomic E-state index is 0.0145. The number of nitrogens with one attached hydrogen (secondary N) is 1. The summed E-state index contributed by atoms with van der Waals surface area (Å²) in [4.78, 5) is 28.3. The van der Waals surface area contributed by atoms with Gasteiger partial charge in [0.1, 0.15) is 28.5 Å². The highest BCUT2D eigenvalue weighted by Gasteiger charge is 2.46. The molecule has 2 aliphatic heterocycles. The zero-order valence-corrected chi connectivity index (χ0v) is 23.4. The number of nitrogens with zero attached hydrogens (tertiary/aromatic N) is 7. The van der Waals surface area contributed by atoms with Gasteiger partial charge in [0.25, 0.3) is 5.91 Å². The van der Waals surface area contributed by atoms with Crippen LogP contribution in [0.1, 0.15) is 47.9 Å². The van der Waals surface area contributed by atoms with Crippen LogP contribution in [0, 0.1) is 0 Å². The molecule has 1 amide bonds. The number of carbonyl (C=O) groups excluding carboxylic acids is 1. The number of sulfone groups is 1. The number of benzene rings is 1. The number of aromatic nitrogens is 7. The molecule has 2 fully saturated rings. The Morgan fingerprint density at radius 2 is 1.81 bits per heavy atom. The summed E-state index contributed by atoms with van der Waals surface area (Å²) in [5, 5.41) is 21.6. The molecule has 2 atom stereocenters. The number of hydrogen-bond donors (Lipinski definition) is 3. The molecule has 2 aliphatic rings. The Hall–Kier alpha value is -4.85. The molecule has 6 heterocycles. The van der Waals surface area contributed by atoms with E-state index in [1.54, 1.807) is 12.3 Å². The normalized spacial score (nSPS) is 20.3. The number of rotatable bonds is 5. The minimum atomic E-state index is -3.79. The van der Waals surface area contributed by atoms with Gasteiger partial charge in [-0.3, -0.25) is 14.9 Å². The van der Waals surface area contributed by atoms with Gasteiger partial charge in [-0.15, -0.1) is 0 Å². The molecule has 0 unspecified atom stereocenters. The maximum absolute atomic E-state index is 13.2. The molecule has 0 radical (unpaired) electrons. The third-order valence-corrected chi connectivity index (χ3v) is 9.39. The van der Waals surface area contributed by atoms with Crippen molar-refractivity contribution >= 4 is 27.2 Å². The molecule has 2 saturated heterocycles. The Balaban J connectivity index is 1.30. The van der Waals surface area contributed by atoms with Crippen LogP contribution >= 0.6 is 0 Å². The van der Waals surface area contributed by atoms with Crippen molar-refractivity contribution in [2.24, 2.45) is 0 Å². The van der Waals surface area contributed by atoms with E-state index in [0.29, 0.717) is 41.0 Å². The van der Waals surface area contributed by atoms with E-state index in [1.165, 1.54) is 17.0 Å². The number of piperidine rings is 1. The van der Waals surface area contributed by atoms with Crippen molar-refractivity contribution in [2.45, 2.75) is 48.6 Å². The lowest BCUT2D eigenvalue weighted by Crippen LogP contribution is -2.46. The molecular weight excluding hydrogens is 558 g/mol. The van der Waals surface area contributed by atoms with E-state index in [2.05, 4.69) is 25.3 Å². The monoisotopic (exact) mass is 585 g/mol. The fraction of sp³-hybridized carbons (Fsp3) is 0.286. The molecule has 7 rings (SSSR count). The van der Waals surface area contributed by atoms with Crippen LogP contribution in [0.3, 0.4) is 0 Å².